The summed E-state index contributed by atoms with van der Waals surface area (Å²) in [7, 11) is 0. The van der Waals surface area contributed by atoms with Gasteiger partial charge in [0.15, 0.2) is 0 Å². The van der Waals surface area contributed by atoms with Crippen LogP contribution in [0.25, 0.3) is 0 Å². The van der Waals surface area contributed by atoms with E-state index in [2.05, 4.69) is 13.2 Å². The van der Waals surface area contributed by atoms with E-state index in [1.54, 1.807) is 12.2 Å². The summed E-state index contributed by atoms with van der Waals surface area (Å²) < 4.78 is 0. The number of hydrogen-bond donors (Lipinski definition) is 0. The minimum absolute atomic E-state index is 0.176. The van der Waals surface area contributed by atoms with Crippen molar-refractivity contribution in [1.29, 1.82) is 0 Å². The first kappa shape index (κ1) is 7.15. The number of hydrogen-bond acceptors (Lipinski definition) is 1. The lowest BCUT2D eigenvalue weighted by atomic mass is 10.2. The molecular formula is C7H10O. The van der Waals surface area contributed by atoms with Gasteiger partial charge in [-0.1, -0.05) is 12.2 Å². The van der Waals surface area contributed by atoms with Gasteiger partial charge in [0.2, 0.25) is 0 Å². The third-order valence-electron chi connectivity index (χ3n) is 0.744. The van der Waals surface area contributed by atoms with Gasteiger partial charge in [0.25, 0.3) is 0 Å². The molecule has 0 aliphatic carbocycles. The maximum atomic E-state index is 10.5. The Kier molecular flexibility index (Phi) is 3.85. The highest BCUT2D eigenvalue weighted by molar-refractivity contribution is 5.80. The minimum atomic E-state index is 0.176. The molecule has 0 aliphatic heterocycles. The molecule has 0 bridgehead atoms. The zero-order valence-electron chi connectivity index (χ0n) is 4.89. The summed E-state index contributed by atoms with van der Waals surface area (Å²) in [5, 5.41) is 0. The van der Waals surface area contributed by atoms with Crippen molar-refractivity contribution in [2.45, 2.75) is 12.8 Å². The summed E-state index contributed by atoms with van der Waals surface area (Å²) in [6.45, 7) is 6.86. The van der Waals surface area contributed by atoms with E-state index in [4.69, 9.17) is 0 Å². The summed E-state index contributed by atoms with van der Waals surface area (Å²) in [4.78, 5) is 10.5. The summed E-state index contributed by atoms with van der Waals surface area (Å²) in [6.07, 6.45) is 4.13. The summed E-state index contributed by atoms with van der Waals surface area (Å²) in [5.41, 5.74) is 0. The van der Waals surface area contributed by atoms with Gasteiger partial charge >= 0.3 is 0 Å². The van der Waals surface area contributed by atoms with Crippen molar-refractivity contribution in [3.8, 4) is 0 Å². The molecule has 0 rings (SSSR count). The molecule has 0 fully saturated rings. The van der Waals surface area contributed by atoms with Gasteiger partial charge in [0, 0.05) is 12.8 Å². The number of carbonyl (C=O) groups is 1. The van der Waals surface area contributed by atoms with Crippen LogP contribution in [0.2, 0.25) is 0 Å². The minimum Gasteiger partial charge on any atom is -0.299 e. The van der Waals surface area contributed by atoms with Gasteiger partial charge < -0.3 is 0 Å². The van der Waals surface area contributed by atoms with E-state index in [9.17, 15) is 4.79 Å². The van der Waals surface area contributed by atoms with Crippen LogP contribution in [-0.2, 0) is 4.79 Å². The molecule has 0 aliphatic rings. The number of rotatable bonds is 4. The van der Waals surface area contributed by atoms with Crippen molar-refractivity contribution in [2.24, 2.45) is 0 Å². The molecule has 0 saturated heterocycles. The van der Waals surface area contributed by atoms with Crippen molar-refractivity contribution in [3.05, 3.63) is 25.3 Å². The van der Waals surface area contributed by atoms with Gasteiger partial charge in [-0.15, -0.1) is 13.2 Å². The quantitative estimate of drug-likeness (QED) is 0.503. The van der Waals surface area contributed by atoms with Gasteiger partial charge in [0.05, 0.1) is 0 Å². The van der Waals surface area contributed by atoms with Crippen LogP contribution in [0.3, 0.4) is 0 Å². The lowest BCUT2D eigenvalue weighted by Gasteiger charge is -1.85. The summed E-state index contributed by atoms with van der Waals surface area (Å²) >= 11 is 0. The zero-order valence-corrected chi connectivity index (χ0v) is 4.89. The van der Waals surface area contributed by atoms with Gasteiger partial charge in [-0.25, -0.2) is 0 Å². The van der Waals surface area contributed by atoms with Crippen LogP contribution < -0.4 is 0 Å². The van der Waals surface area contributed by atoms with E-state index in [-0.39, 0.29) is 5.78 Å². The van der Waals surface area contributed by atoms with Crippen LogP contribution in [-0.4, -0.2) is 5.78 Å². The second-order valence-electron chi connectivity index (χ2n) is 1.52. The largest absolute Gasteiger partial charge is 0.299 e. The van der Waals surface area contributed by atoms with Crippen molar-refractivity contribution >= 4 is 5.78 Å². The Labute approximate surface area is 49.7 Å². The molecule has 8 heavy (non-hydrogen) atoms. The fourth-order valence-corrected chi connectivity index (χ4v) is 0.405. The van der Waals surface area contributed by atoms with Crippen LogP contribution in [0.4, 0.5) is 0 Å². The molecule has 0 aromatic heterocycles. The van der Waals surface area contributed by atoms with E-state index in [0.717, 1.165) is 0 Å². The van der Waals surface area contributed by atoms with E-state index in [0.29, 0.717) is 12.8 Å². The van der Waals surface area contributed by atoms with Crippen LogP contribution in [0.1, 0.15) is 12.8 Å². The Bertz CT molecular complexity index is 91.0. The fourth-order valence-electron chi connectivity index (χ4n) is 0.405. The predicted molar refractivity (Wildman–Crippen MR) is 34.6 cm³/mol. The van der Waals surface area contributed by atoms with Crippen LogP contribution >= 0.6 is 0 Å². The van der Waals surface area contributed by atoms with E-state index in [1.165, 1.54) is 0 Å². The highest BCUT2D eigenvalue weighted by Gasteiger charge is 1.91. The number of Topliss-reactive ketones (excluding diaryl/α,β-unsaturated/α-hetero) is 1. The molecule has 44 valence electrons. The third kappa shape index (κ3) is 3.34. The standard InChI is InChI=1S/C7H10O/c1-3-5-7(8)6-4-2/h3-4H,1-2,5-6H2. The van der Waals surface area contributed by atoms with Crippen LogP contribution in [0.5, 0.6) is 0 Å². The zero-order chi connectivity index (χ0) is 6.41. The maximum Gasteiger partial charge on any atom is 0.140 e. The van der Waals surface area contributed by atoms with Gasteiger partial charge in [-0.2, -0.15) is 0 Å². The molecule has 0 radical (unpaired) electrons. The average Bonchev–Trinajstić information content (AvgIpc) is 1.68. The van der Waals surface area contributed by atoms with Crippen molar-refractivity contribution in [1.82, 2.24) is 0 Å². The molecule has 0 heterocycles. The van der Waals surface area contributed by atoms with Gasteiger partial charge in [-0.05, 0) is 0 Å². The molecule has 1 nitrogen and oxygen atoms in total. The SMILES string of the molecule is C=CCC(=O)CC=C. The predicted octanol–water partition coefficient (Wildman–Crippen LogP) is 1.71. The highest BCUT2D eigenvalue weighted by atomic mass is 16.1. The Balaban J connectivity index is 3.32. The van der Waals surface area contributed by atoms with E-state index in [1.807, 2.05) is 0 Å². The van der Waals surface area contributed by atoms with Crippen LogP contribution in [0, 0.1) is 0 Å². The van der Waals surface area contributed by atoms with Crippen LogP contribution in [0.15, 0.2) is 25.3 Å². The molecule has 0 unspecified atom stereocenters. The molecule has 0 atom stereocenters. The Morgan fingerprint density at radius 2 is 1.62 bits per heavy atom. The molecule has 0 spiro atoms. The first-order valence-corrected chi connectivity index (χ1v) is 2.54. The van der Waals surface area contributed by atoms with Crippen molar-refractivity contribution in [2.75, 3.05) is 0 Å². The molecule has 1 heteroatoms. The van der Waals surface area contributed by atoms with Gasteiger partial charge in [0.1, 0.15) is 5.78 Å². The first-order valence-electron chi connectivity index (χ1n) is 2.54. The highest BCUT2D eigenvalue weighted by Crippen LogP contribution is 1.89. The average molecular weight is 110 g/mol. The second kappa shape index (κ2) is 4.31. The summed E-state index contributed by atoms with van der Waals surface area (Å²) in [6, 6.07) is 0. The Morgan fingerprint density at radius 1 is 1.25 bits per heavy atom. The number of ketones is 1. The molecular weight excluding hydrogens is 100 g/mol. The second-order valence-corrected chi connectivity index (χ2v) is 1.52. The van der Waals surface area contributed by atoms with Crippen molar-refractivity contribution in [3.63, 3.8) is 0 Å². The Hall–Kier alpha value is -0.850. The Morgan fingerprint density at radius 3 is 1.88 bits per heavy atom. The normalized spacial score (nSPS) is 8.00. The first-order chi connectivity index (χ1) is 3.81. The number of carbonyl (C=O) groups excluding carboxylic acids is 1. The molecule has 0 amide bonds. The maximum absolute atomic E-state index is 10.5. The molecule has 0 aromatic carbocycles. The molecule has 0 N–H and O–H groups in total. The molecule has 0 saturated carbocycles. The van der Waals surface area contributed by atoms with E-state index >= 15 is 0 Å². The smallest absolute Gasteiger partial charge is 0.140 e. The summed E-state index contributed by atoms with van der Waals surface area (Å²) in [5.74, 6) is 0.176. The number of allylic oxidation sites excluding steroid dienone is 2. The van der Waals surface area contributed by atoms with E-state index < -0.39 is 0 Å². The third-order valence-corrected chi connectivity index (χ3v) is 0.744. The topological polar surface area (TPSA) is 17.1 Å². The van der Waals surface area contributed by atoms with Crippen molar-refractivity contribution < 1.29 is 4.79 Å². The molecule has 0 aromatic rings. The lowest BCUT2D eigenvalue weighted by Crippen LogP contribution is -1.90. The monoisotopic (exact) mass is 110 g/mol. The van der Waals surface area contributed by atoms with Gasteiger partial charge in [-0.3, -0.25) is 4.79 Å². The lowest BCUT2D eigenvalue weighted by molar-refractivity contribution is -0.117. The fraction of sp³-hybridized carbons (Fsp3) is 0.286.